The fourth-order valence-corrected chi connectivity index (χ4v) is 3.31. The van der Waals surface area contributed by atoms with Gasteiger partial charge in [0, 0.05) is 14.7 Å². The topological polar surface area (TPSA) is 40.5 Å². The second-order valence-corrected chi connectivity index (χ2v) is 5.56. The number of hydrogen-bond donors (Lipinski definition) is 1. The van der Waals surface area contributed by atoms with Crippen LogP contribution in [0.2, 0.25) is 0 Å². The Kier molecular flexibility index (Phi) is 4.31. The van der Waals surface area contributed by atoms with Crippen molar-refractivity contribution in [3.63, 3.8) is 0 Å². The number of hydrogen-bond acceptors (Lipinski definition) is 3. The predicted octanol–water partition coefficient (Wildman–Crippen LogP) is 2.83. The van der Waals surface area contributed by atoms with Gasteiger partial charge in [-0.3, -0.25) is 4.79 Å². The van der Waals surface area contributed by atoms with E-state index in [-0.39, 0.29) is 6.04 Å². The molecule has 2 unspecified atom stereocenters. The van der Waals surface area contributed by atoms with Crippen molar-refractivity contribution in [2.24, 2.45) is 5.92 Å². The first-order chi connectivity index (χ1) is 6.93. The summed E-state index contributed by atoms with van der Waals surface area (Å²) in [7, 11) is 3.80. The van der Waals surface area contributed by atoms with E-state index in [9.17, 15) is 4.79 Å². The number of nitrogens with zero attached hydrogens (tertiary/aromatic N) is 1. The smallest absolute Gasteiger partial charge is 0.308 e. The van der Waals surface area contributed by atoms with E-state index in [1.54, 1.807) is 18.3 Å². The molecule has 1 rings (SSSR count). The molecule has 1 N–H and O–H groups in total. The predicted molar refractivity (Wildman–Crippen MR) is 65.2 cm³/mol. The van der Waals surface area contributed by atoms with Gasteiger partial charge in [0.15, 0.2) is 0 Å². The Morgan fingerprint density at radius 1 is 1.60 bits per heavy atom. The normalized spacial score (nSPS) is 15.3. The van der Waals surface area contributed by atoms with Crippen LogP contribution in [0, 0.1) is 5.92 Å². The number of carbonyl (C=O) groups is 1. The fourth-order valence-electron chi connectivity index (χ4n) is 1.57. The van der Waals surface area contributed by atoms with E-state index in [0.29, 0.717) is 0 Å². The van der Waals surface area contributed by atoms with Crippen molar-refractivity contribution in [1.82, 2.24) is 4.90 Å². The van der Waals surface area contributed by atoms with E-state index in [1.807, 2.05) is 30.4 Å². The summed E-state index contributed by atoms with van der Waals surface area (Å²) < 4.78 is 1.01. The average molecular weight is 292 g/mol. The molecule has 0 aliphatic heterocycles. The van der Waals surface area contributed by atoms with Gasteiger partial charge in [0.25, 0.3) is 0 Å². The lowest BCUT2D eigenvalue weighted by Crippen LogP contribution is -2.29. The highest BCUT2D eigenvalue weighted by molar-refractivity contribution is 9.10. The van der Waals surface area contributed by atoms with Gasteiger partial charge in [-0.2, -0.15) is 0 Å². The van der Waals surface area contributed by atoms with Crippen LogP contribution in [0.4, 0.5) is 0 Å². The molecular weight excluding hydrogens is 278 g/mol. The molecule has 0 aliphatic carbocycles. The maximum absolute atomic E-state index is 11.0. The van der Waals surface area contributed by atoms with Crippen LogP contribution in [0.3, 0.4) is 0 Å². The van der Waals surface area contributed by atoms with E-state index in [1.165, 1.54) is 0 Å². The van der Waals surface area contributed by atoms with Gasteiger partial charge >= 0.3 is 5.97 Å². The first-order valence-corrected chi connectivity index (χ1v) is 6.24. The van der Waals surface area contributed by atoms with Crippen molar-refractivity contribution in [2.45, 2.75) is 13.0 Å². The minimum atomic E-state index is -0.766. The van der Waals surface area contributed by atoms with Crippen LogP contribution in [0.25, 0.3) is 0 Å². The third kappa shape index (κ3) is 3.03. The van der Waals surface area contributed by atoms with Gasteiger partial charge in [-0.15, -0.1) is 11.3 Å². The highest BCUT2D eigenvalue weighted by Gasteiger charge is 2.28. The summed E-state index contributed by atoms with van der Waals surface area (Å²) in [5.74, 6) is -1.18. The Labute approximate surface area is 102 Å². The van der Waals surface area contributed by atoms with Gasteiger partial charge < -0.3 is 10.0 Å². The molecular formula is C10H14BrNO2S. The highest BCUT2D eigenvalue weighted by atomic mass is 79.9. The molecule has 5 heteroatoms. The van der Waals surface area contributed by atoms with Crippen LogP contribution in [0.1, 0.15) is 17.8 Å². The molecule has 0 spiro atoms. The van der Waals surface area contributed by atoms with Gasteiger partial charge in [-0.1, -0.05) is 6.92 Å². The summed E-state index contributed by atoms with van der Waals surface area (Å²) in [4.78, 5) is 14.0. The maximum atomic E-state index is 11.0. The van der Waals surface area contributed by atoms with Gasteiger partial charge in [0.1, 0.15) is 0 Å². The lowest BCUT2D eigenvalue weighted by atomic mass is 10.00. The summed E-state index contributed by atoms with van der Waals surface area (Å²) in [5, 5.41) is 11.0. The molecule has 0 amide bonds. The lowest BCUT2D eigenvalue weighted by molar-refractivity contribution is -0.143. The van der Waals surface area contributed by atoms with Crippen molar-refractivity contribution in [2.75, 3.05) is 14.1 Å². The molecule has 2 atom stereocenters. The SMILES string of the molecule is CC(C(=O)O)C(c1cc(Br)cs1)N(C)C. The minimum Gasteiger partial charge on any atom is -0.481 e. The van der Waals surface area contributed by atoms with Crippen LogP contribution in [-0.4, -0.2) is 30.1 Å². The van der Waals surface area contributed by atoms with Crippen LogP contribution in [0.5, 0.6) is 0 Å². The van der Waals surface area contributed by atoms with Crippen LogP contribution in [0.15, 0.2) is 15.9 Å². The molecule has 0 aliphatic rings. The van der Waals surface area contributed by atoms with Crippen LogP contribution < -0.4 is 0 Å². The first kappa shape index (κ1) is 12.7. The van der Waals surface area contributed by atoms with Gasteiger partial charge in [-0.05, 0) is 36.1 Å². The number of thiophene rings is 1. The second-order valence-electron chi connectivity index (χ2n) is 3.70. The zero-order chi connectivity index (χ0) is 11.6. The molecule has 3 nitrogen and oxygen atoms in total. The molecule has 0 fully saturated rings. The van der Waals surface area contributed by atoms with Crippen LogP contribution in [-0.2, 0) is 4.79 Å². The molecule has 1 aromatic rings. The van der Waals surface area contributed by atoms with E-state index in [4.69, 9.17) is 5.11 Å². The van der Waals surface area contributed by atoms with Gasteiger partial charge in [-0.25, -0.2) is 0 Å². The van der Waals surface area contributed by atoms with Crippen molar-refractivity contribution >= 4 is 33.2 Å². The van der Waals surface area contributed by atoms with Gasteiger partial charge in [0.05, 0.1) is 12.0 Å². The maximum Gasteiger partial charge on any atom is 0.308 e. The molecule has 1 aromatic heterocycles. The molecule has 0 aromatic carbocycles. The summed E-state index contributed by atoms with van der Waals surface area (Å²) in [6.45, 7) is 1.74. The standard InChI is InChI=1S/C10H14BrNO2S/c1-6(10(13)14)9(12(2)3)8-4-7(11)5-15-8/h4-6,9H,1-3H3,(H,13,14). The van der Waals surface area contributed by atoms with Crippen LogP contribution >= 0.6 is 27.3 Å². The molecule has 1 heterocycles. The number of carboxylic acid groups (broad SMARTS) is 1. The number of aliphatic carboxylic acids is 1. The van der Waals surface area contributed by atoms with E-state index in [0.717, 1.165) is 9.35 Å². The minimum absolute atomic E-state index is 0.0706. The van der Waals surface area contributed by atoms with Crippen molar-refractivity contribution in [3.8, 4) is 0 Å². The zero-order valence-corrected chi connectivity index (χ0v) is 11.3. The Hall–Kier alpha value is -0.390. The largest absolute Gasteiger partial charge is 0.481 e. The molecule has 0 bridgehead atoms. The van der Waals surface area contributed by atoms with Crippen molar-refractivity contribution in [3.05, 3.63) is 20.8 Å². The Morgan fingerprint density at radius 3 is 2.53 bits per heavy atom. The molecule has 0 radical (unpaired) electrons. The summed E-state index contributed by atoms with van der Waals surface area (Å²) in [5.41, 5.74) is 0. The number of carboxylic acids is 1. The van der Waals surface area contributed by atoms with E-state index in [2.05, 4.69) is 15.9 Å². The Bertz CT molecular complexity index is 351. The average Bonchev–Trinajstić information content (AvgIpc) is 2.51. The lowest BCUT2D eigenvalue weighted by Gasteiger charge is -2.26. The third-order valence-electron chi connectivity index (χ3n) is 2.30. The quantitative estimate of drug-likeness (QED) is 0.927. The number of rotatable bonds is 4. The zero-order valence-electron chi connectivity index (χ0n) is 8.90. The monoisotopic (exact) mass is 291 g/mol. The van der Waals surface area contributed by atoms with Crippen molar-refractivity contribution in [1.29, 1.82) is 0 Å². The van der Waals surface area contributed by atoms with Crippen molar-refractivity contribution < 1.29 is 9.90 Å². The Balaban J connectivity index is 2.98. The first-order valence-electron chi connectivity index (χ1n) is 4.56. The molecule has 84 valence electrons. The van der Waals surface area contributed by atoms with Gasteiger partial charge in [0.2, 0.25) is 0 Å². The van der Waals surface area contributed by atoms with E-state index >= 15 is 0 Å². The molecule has 0 saturated carbocycles. The third-order valence-corrected chi connectivity index (χ3v) is 4.06. The number of halogens is 1. The summed E-state index contributed by atoms with van der Waals surface area (Å²) >= 11 is 4.96. The Morgan fingerprint density at radius 2 is 2.20 bits per heavy atom. The van der Waals surface area contributed by atoms with E-state index < -0.39 is 11.9 Å². The molecule has 15 heavy (non-hydrogen) atoms. The highest BCUT2D eigenvalue weighted by Crippen LogP contribution is 2.33. The fraction of sp³-hybridized carbons (Fsp3) is 0.500. The summed E-state index contributed by atoms with van der Waals surface area (Å²) in [6.07, 6.45) is 0. The second kappa shape index (κ2) is 5.09. The summed E-state index contributed by atoms with van der Waals surface area (Å²) in [6, 6.07) is 1.91. The molecule has 0 saturated heterocycles.